The normalized spacial score (nSPS) is 11.5. The Bertz CT molecular complexity index is 1270. The van der Waals surface area contributed by atoms with E-state index >= 15 is 0 Å². The van der Waals surface area contributed by atoms with Crippen molar-refractivity contribution in [3.05, 3.63) is 79.5 Å². The van der Waals surface area contributed by atoms with Crippen LogP contribution < -0.4 is 11.2 Å². The lowest BCUT2D eigenvalue weighted by Crippen LogP contribution is -2.26. The van der Waals surface area contributed by atoms with E-state index in [4.69, 9.17) is 11.6 Å². The van der Waals surface area contributed by atoms with Gasteiger partial charge in [0.1, 0.15) is 0 Å². The number of benzene rings is 2. The molecule has 0 aliphatic heterocycles. The smallest absolute Gasteiger partial charge is 0.276 e. The van der Waals surface area contributed by atoms with E-state index in [1.807, 2.05) is 38.1 Å². The lowest BCUT2D eigenvalue weighted by molar-refractivity contribution is 0.639. The minimum Gasteiger partial charge on any atom is -0.276 e. The molecule has 27 heavy (non-hydrogen) atoms. The quantitative estimate of drug-likeness (QED) is 0.544. The van der Waals surface area contributed by atoms with E-state index in [2.05, 4.69) is 5.10 Å². The molecule has 0 radical (unpaired) electrons. The zero-order valence-electron chi connectivity index (χ0n) is 15.1. The van der Waals surface area contributed by atoms with Crippen LogP contribution in [0.25, 0.3) is 16.7 Å². The number of rotatable bonds is 4. The van der Waals surface area contributed by atoms with Crippen LogP contribution in [-0.4, -0.2) is 18.7 Å². The van der Waals surface area contributed by atoms with E-state index in [9.17, 15) is 9.59 Å². The van der Waals surface area contributed by atoms with Gasteiger partial charge < -0.3 is 0 Å². The monoisotopic (exact) mass is 382 g/mol. The fourth-order valence-corrected chi connectivity index (χ4v) is 3.46. The number of aryl methyl sites for hydroxylation is 2. The molecule has 4 rings (SSSR count). The van der Waals surface area contributed by atoms with Crippen LogP contribution in [0, 0.1) is 6.92 Å². The van der Waals surface area contributed by atoms with E-state index in [0.29, 0.717) is 34.8 Å². The molecule has 0 aliphatic rings. The molecule has 2 aromatic carbocycles. The van der Waals surface area contributed by atoms with Crippen LogP contribution in [0.15, 0.2) is 52.1 Å². The molecule has 138 valence electrons. The van der Waals surface area contributed by atoms with Crippen molar-refractivity contribution >= 4 is 28.3 Å². The van der Waals surface area contributed by atoms with Gasteiger partial charge in [-0.2, -0.15) is 0 Å². The number of halogens is 1. The van der Waals surface area contributed by atoms with Gasteiger partial charge in [0.15, 0.2) is 0 Å². The van der Waals surface area contributed by atoms with Crippen LogP contribution in [0.3, 0.4) is 0 Å². The minimum atomic E-state index is -0.275. The van der Waals surface area contributed by atoms with Crippen LogP contribution in [0.2, 0.25) is 5.02 Å². The second kappa shape index (κ2) is 6.70. The Morgan fingerprint density at radius 3 is 2.52 bits per heavy atom. The number of hydrogen-bond donors (Lipinski definition) is 0. The van der Waals surface area contributed by atoms with Crippen molar-refractivity contribution in [1.29, 1.82) is 0 Å². The van der Waals surface area contributed by atoms with Crippen molar-refractivity contribution in [2.75, 3.05) is 0 Å². The Morgan fingerprint density at radius 1 is 1.07 bits per heavy atom. The maximum atomic E-state index is 13.1. The molecule has 2 heterocycles. The van der Waals surface area contributed by atoms with Crippen molar-refractivity contribution in [2.24, 2.45) is 0 Å². The van der Waals surface area contributed by atoms with Gasteiger partial charge in [0.25, 0.3) is 5.56 Å². The summed E-state index contributed by atoms with van der Waals surface area (Å²) in [5, 5.41) is 5.36. The Morgan fingerprint density at radius 2 is 1.81 bits per heavy atom. The zero-order chi connectivity index (χ0) is 19.1. The van der Waals surface area contributed by atoms with Crippen molar-refractivity contribution in [3.63, 3.8) is 0 Å². The molecule has 0 amide bonds. The van der Waals surface area contributed by atoms with Crippen LogP contribution in [0.1, 0.15) is 24.5 Å². The summed E-state index contributed by atoms with van der Waals surface area (Å²) in [4.78, 5) is 26.0. The topological polar surface area (TPSA) is 61.3 Å². The molecule has 4 aromatic rings. The van der Waals surface area contributed by atoms with Crippen LogP contribution in [0.5, 0.6) is 0 Å². The molecule has 6 nitrogen and oxygen atoms in total. The molecular weight excluding hydrogens is 364 g/mol. The molecule has 0 unspecified atom stereocenters. The van der Waals surface area contributed by atoms with Gasteiger partial charge in [-0.1, -0.05) is 48.4 Å². The number of hydrogen-bond acceptors (Lipinski definition) is 3. The highest BCUT2D eigenvalue weighted by atomic mass is 35.5. The third kappa shape index (κ3) is 2.96. The number of aromatic nitrogens is 4. The molecule has 0 saturated carbocycles. The van der Waals surface area contributed by atoms with Gasteiger partial charge in [-0.25, -0.2) is 13.9 Å². The molecule has 0 N–H and O–H groups in total. The summed E-state index contributed by atoms with van der Waals surface area (Å²) in [6.07, 6.45) is 0.751. The Kier molecular flexibility index (Phi) is 4.36. The van der Waals surface area contributed by atoms with Gasteiger partial charge >= 0.3 is 5.69 Å². The van der Waals surface area contributed by atoms with Crippen LogP contribution in [0.4, 0.5) is 0 Å². The highest BCUT2D eigenvalue weighted by Gasteiger charge is 2.17. The summed E-state index contributed by atoms with van der Waals surface area (Å²) in [7, 11) is 0. The van der Waals surface area contributed by atoms with Crippen LogP contribution in [-0.2, 0) is 13.1 Å². The minimum absolute atomic E-state index is 0.186. The van der Waals surface area contributed by atoms with Crippen molar-refractivity contribution in [1.82, 2.24) is 18.7 Å². The number of nitrogens with zero attached hydrogens (tertiary/aromatic N) is 4. The lowest BCUT2D eigenvalue weighted by atomic mass is 10.1. The maximum Gasteiger partial charge on any atom is 0.352 e. The standard InChI is InChI=1S/C20H19ClN4O2/c1-3-10-23-18(26)16-11-15(21)8-9-17(16)25-19(23)22-24(20(25)27)12-14-6-4-13(2)5-7-14/h4-9,11H,3,10,12H2,1-2H3. The Hall–Kier alpha value is -2.86. The highest BCUT2D eigenvalue weighted by molar-refractivity contribution is 6.31. The molecule has 0 bridgehead atoms. The second-order valence-electron chi connectivity index (χ2n) is 6.68. The average molecular weight is 383 g/mol. The summed E-state index contributed by atoms with van der Waals surface area (Å²) >= 11 is 6.08. The molecular formula is C20H19ClN4O2. The van der Waals surface area contributed by atoms with E-state index in [1.54, 1.807) is 22.8 Å². The third-order valence-electron chi connectivity index (χ3n) is 4.64. The van der Waals surface area contributed by atoms with E-state index < -0.39 is 0 Å². The van der Waals surface area contributed by atoms with Crippen molar-refractivity contribution < 1.29 is 0 Å². The summed E-state index contributed by atoms with van der Waals surface area (Å²) in [5.74, 6) is 0.355. The molecule has 0 spiro atoms. The Labute approximate surface area is 160 Å². The van der Waals surface area contributed by atoms with E-state index in [-0.39, 0.29) is 11.2 Å². The summed E-state index contributed by atoms with van der Waals surface area (Å²) in [6.45, 7) is 4.82. The van der Waals surface area contributed by atoms with Crippen LogP contribution >= 0.6 is 11.6 Å². The molecule has 0 aliphatic carbocycles. The van der Waals surface area contributed by atoms with E-state index in [1.165, 1.54) is 9.08 Å². The van der Waals surface area contributed by atoms with Crippen molar-refractivity contribution in [3.8, 4) is 0 Å². The van der Waals surface area contributed by atoms with Gasteiger partial charge in [-0.15, -0.1) is 5.10 Å². The second-order valence-corrected chi connectivity index (χ2v) is 7.12. The van der Waals surface area contributed by atoms with Gasteiger partial charge in [-0.05, 0) is 37.1 Å². The molecule has 0 fully saturated rings. The Balaban J connectivity index is 2.01. The first-order valence-corrected chi connectivity index (χ1v) is 9.24. The first-order valence-electron chi connectivity index (χ1n) is 8.86. The van der Waals surface area contributed by atoms with E-state index in [0.717, 1.165) is 17.5 Å². The van der Waals surface area contributed by atoms with Gasteiger partial charge in [0.2, 0.25) is 5.78 Å². The zero-order valence-corrected chi connectivity index (χ0v) is 15.9. The summed E-state index contributed by atoms with van der Waals surface area (Å²) in [6, 6.07) is 12.9. The predicted molar refractivity (Wildman–Crippen MR) is 107 cm³/mol. The molecule has 0 atom stereocenters. The van der Waals surface area contributed by atoms with Gasteiger partial charge in [0, 0.05) is 11.6 Å². The average Bonchev–Trinajstić information content (AvgIpc) is 2.97. The third-order valence-corrected chi connectivity index (χ3v) is 4.87. The first-order chi connectivity index (χ1) is 13.0. The largest absolute Gasteiger partial charge is 0.352 e. The van der Waals surface area contributed by atoms with Crippen molar-refractivity contribution in [2.45, 2.75) is 33.4 Å². The number of fused-ring (bicyclic) bond motifs is 3. The fourth-order valence-electron chi connectivity index (χ4n) is 3.29. The molecule has 0 saturated heterocycles. The SMILES string of the molecule is CCCn1c(=O)c2cc(Cl)ccc2n2c(=O)n(Cc3ccc(C)cc3)nc12. The molecule has 7 heteroatoms. The molecule has 2 aromatic heterocycles. The maximum absolute atomic E-state index is 13.1. The van der Waals surface area contributed by atoms with Gasteiger partial charge in [-0.3, -0.25) is 9.36 Å². The highest BCUT2D eigenvalue weighted by Crippen LogP contribution is 2.17. The first kappa shape index (κ1) is 17.5. The summed E-state index contributed by atoms with van der Waals surface area (Å²) in [5.41, 5.74) is 2.19. The fraction of sp³-hybridized carbons (Fsp3) is 0.250. The van der Waals surface area contributed by atoms with Gasteiger partial charge in [0.05, 0.1) is 17.4 Å². The lowest BCUT2D eigenvalue weighted by Gasteiger charge is -2.08. The predicted octanol–water partition coefficient (Wildman–Crippen LogP) is 3.23. The summed E-state index contributed by atoms with van der Waals surface area (Å²) < 4.78 is 4.45.